The highest BCUT2D eigenvalue weighted by molar-refractivity contribution is 7.80. The number of nitrogens with one attached hydrogen (secondary N) is 2. The van der Waals surface area contributed by atoms with E-state index in [9.17, 15) is 4.79 Å². The lowest BCUT2D eigenvalue weighted by molar-refractivity contribution is -0.116. The predicted molar refractivity (Wildman–Crippen MR) is 71.6 cm³/mol. The Morgan fingerprint density at radius 2 is 2.29 bits per heavy atom. The standard InChI is InChI=1S/C11H9N3OS2/c15-10-8(13-11(16)14-10)3-6-1-2-7-9(4-6)17-5-12-7/h1-5,11,13,16H,(H,14,15)/b8-3-. The van der Waals surface area contributed by atoms with E-state index in [1.165, 1.54) is 0 Å². The lowest BCUT2D eigenvalue weighted by Crippen LogP contribution is -2.25. The van der Waals surface area contributed by atoms with Gasteiger partial charge in [0, 0.05) is 0 Å². The molecule has 0 spiro atoms. The Labute approximate surface area is 107 Å². The van der Waals surface area contributed by atoms with E-state index < -0.39 is 0 Å². The largest absolute Gasteiger partial charge is 0.352 e. The van der Waals surface area contributed by atoms with Gasteiger partial charge in [-0.3, -0.25) is 4.79 Å². The average molecular weight is 263 g/mol. The minimum atomic E-state index is -0.305. The van der Waals surface area contributed by atoms with Crippen LogP contribution in [0.2, 0.25) is 0 Å². The first kappa shape index (κ1) is 10.6. The molecule has 6 heteroatoms. The topological polar surface area (TPSA) is 54.0 Å². The summed E-state index contributed by atoms with van der Waals surface area (Å²) in [4.78, 5) is 15.7. The van der Waals surface area contributed by atoms with Crippen LogP contribution in [-0.2, 0) is 4.79 Å². The Hall–Kier alpha value is -1.53. The first-order valence-electron chi connectivity index (χ1n) is 5.03. The van der Waals surface area contributed by atoms with E-state index in [0.29, 0.717) is 5.70 Å². The molecular formula is C11H9N3OS2. The number of carbonyl (C=O) groups is 1. The van der Waals surface area contributed by atoms with Crippen LogP contribution in [0.25, 0.3) is 16.3 Å². The molecular weight excluding hydrogens is 254 g/mol. The number of thiol groups is 1. The summed E-state index contributed by atoms with van der Waals surface area (Å²) in [6.07, 6.45) is 1.81. The first-order chi connectivity index (χ1) is 8.22. The van der Waals surface area contributed by atoms with Gasteiger partial charge >= 0.3 is 0 Å². The number of aromatic nitrogens is 1. The van der Waals surface area contributed by atoms with Gasteiger partial charge in [0.15, 0.2) is 0 Å². The Morgan fingerprint density at radius 1 is 1.41 bits per heavy atom. The second-order valence-electron chi connectivity index (χ2n) is 3.66. The summed E-state index contributed by atoms with van der Waals surface area (Å²) in [5.74, 6) is -0.130. The Kier molecular flexibility index (Phi) is 2.53. The van der Waals surface area contributed by atoms with E-state index in [0.717, 1.165) is 15.8 Å². The van der Waals surface area contributed by atoms with Crippen LogP contribution in [-0.4, -0.2) is 16.4 Å². The van der Waals surface area contributed by atoms with Crippen LogP contribution in [0.15, 0.2) is 29.4 Å². The van der Waals surface area contributed by atoms with Gasteiger partial charge in [-0.2, -0.15) is 0 Å². The fourth-order valence-corrected chi connectivity index (χ4v) is 2.67. The molecule has 17 heavy (non-hydrogen) atoms. The zero-order chi connectivity index (χ0) is 11.8. The summed E-state index contributed by atoms with van der Waals surface area (Å²) >= 11 is 5.72. The second-order valence-corrected chi connectivity index (χ2v) is 5.06. The molecule has 3 rings (SSSR count). The number of nitrogens with zero attached hydrogens (tertiary/aromatic N) is 1. The van der Waals surface area contributed by atoms with Crippen molar-refractivity contribution in [3.05, 3.63) is 35.0 Å². The van der Waals surface area contributed by atoms with Gasteiger partial charge in [-0.25, -0.2) is 4.98 Å². The smallest absolute Gasteiger partial charge is 0.269 e. The maximum absolute atomic E-state index is 11.5. The minimum absolute atomic E-state index is 0.130. The number of hydrogen-bond acceptors (Lipinski definition) is 5. The molecule has 0 aliphatic carbocycles. The molecule has 4 nitrogen and oxygen atoms in total. The van der Waals surface area contributed by atoms with E-state index in [1.54, 1.807) is 11.3 Å². The number of hydrogen-bond donors (Lipinski definition) is 3. The van der Waals surface area contributed by atoms with Gasteiger partial charge < -0.3 is 10.6 Å². The summed E-state index contributed by atoms with van der Waals surface area (Å²) in [5, 5.41) is 5.60. The van der Waals surface area contributed by atoms with Crippen molar-refractivity contribution in [1.82, 2.24) is 15.6 Å². The van der Waals surface area contributed by atoms with E-state index in [1.807, 2.05) is 29.8 Å². The monoisotopic (exact) mass is 263 g/mol. The van der Waals surface area contributed by atoms with E-state index in [4.69, 9.17) is 0 Å². The van der Waals surface area contributed by atoms with Crippen molar-refractivity contribution < 1.29 is 4.79 Å². The zero-order valence-electron chi connectivity index (χ0n) is 8.68. The second kappa shape index (κ2) is 4.05. The number of benzene rings is 1. The third-order valence-electron chi connectivity index (χ3n) is 2.47. The molecule has 0 radical (unpaired) electrons. The van der Waals surface area contributed by atoms with Gasteiger partial charge in [0.05, 0.1) is 15.7 Å². The molecule has 2 heterocycles. The quantitative estimate of drug-likeness (QED) is 0.541. The van der Waals surface area contributed by atoms with Crippen LogP contribution in [0.3, 0.4) is 0 Å². The van der Waals surface area contributed by atoms with E-state index >= 15 is 0 Å². The van der Waals surface area contributed by atoms with Crippen LogP contribution in [0.5, 0.6) is 0 Å². The van der Waals surface area contributed by atoms with Crippen molar-refractivity contribution in [3.63, 3.8) is 0 Å². The van der Waals surface area contributed by atoms with Crippen LogP contribution < -0.4 is 10.6 Å². The molecule has 1 aliphatic rings. The molecule has 1 amide bonds. The Morgan fingerprint density at radius 3 is 3.06 bits per heavy atom. The maximum atomic E-state index is 11.5. The van der Waals surface area contributed by atoms with Crippen molar-refractivity contribution in [2.24, 2.45) is 0 Å². The molecule has 86 valence electrons. The summed E-state index contributed by atoms with van der Waals surface area (Å²) < 4.78 is 1.11. The van der Waals surface area contributed by atoms with Crippen LogP contribution >= 0.6 is 24.0 Å². The number of amides is 1. The van der Waals surface area contributed by atoms with Gasteiger partial charge in [0.2, 0.25) is 0 Å². The van der Waals surface area contributed by atoms with Crippen LogP contribution in [0.1, 0.15) is 5.56 Å². The molecule has 1 saturated heterocycles. The van der Waals surface area contributed by atoms with Gasteiger partial charge in [-0.1, -0.05) is 6.07 Å². The molecule has 1 fully saturated rings. The Balaban J connectivity index is 1.99. The minimum Gasteiger partial charge on any atom is -0.352 e. The number of carbonyl (C=O) groups excluding carboxylic acids is 1. The van der Waals surface area contributed by atoms with Crippen molar-refractivity contribution in [1.29, 1.82) is 0 Å². The van der Waals surface area contributed by atoms with Gasteiger partial charge in [-0.15, -0.1) is 24.0 Å². The lowest BCUT2D eigenvalue weighted by Gasteiger charge is -1.99. The van der Waals surface area contributed by atoms with Crippen LogP contribution in [0.4, 0.5) is 0 Å². The number of fused-ring (bicyclic) bond motifs is 1. The van der Waals surface area contributed by atoms with Crippen molar-refractivity contribution >= 4 is 46.2 Å². The SMILES string of the molecule is O=C1NC(S)N/C1=C\c1ccc2ncsc2c1. The highest BCUT2D eigenvalue weighted by Crippen LogP contribution is 2.20. The fourth-order valence-electron chi connectivity index (χ4n) is 1.69. The third-order valence-corrected chi connectivity index (χ3v) is 3.52. The molecule has 1 aromatic carbocycles. The molecule has 2 N–H and O–H groups in total. The molecule has 0 bridgehead atoms. The normalized spacial score (nSPS) is 21.8. The zero-order valence-corrected chi connectivity index (χ0v) is 10.4. The molecule has 0 saturated carbocycles. The summed E-state index contributed by atoms with van der Waals surface area (Å²) in [6.45, 7) is 0. The van der Waals surface area contributed by atoms with Gasteiger partial charge in [-0.05, 0) is 23.8 Å². The predicted octanol–water partition coefficient (Wildman–Crippen LogP) is 1.57. The average Bonchev–Trinajstić information content (AvgIpc) is 2.85. The molecule has 1 aromatic heterocycles. The first-order valence-corrected chi connectivity index (χ1v) is 6.42. The molecule has 2 aromatic rings. The summed E-state index contributed by atoms with van der Waals surface area (Å²) in [7, 11) is 0. The molecule has 1 unspecified atom stereocenters. The highest BCUT2D eigenvalue weighted by atomic mass is 32.1. The fraction of sp³-hybridized carbons (Fsp3) is 0.0909. The van der Waals surface area contributed by atoms with E-state index in [2.05, 4.69) is 28.2 Å². The van der Waals surface area contributed by atoms with Crippen molar-refractivity contribution in [3.8, 4) is 0 Å². The molecule has 1 aliphatic heterocycles. The number of thiazole rings is 1. The van der Waals surface area contributed by atoms with E-state index in [-0.39, 0.29) is 11.4 Å². The maximum Gasteiger partial charge on any atom is 0.269 e. The van der Waals surface area contributed by atoms with Crippen LogP contribution in [0, 0.1) is 0 Å². The highest BCUT2D eigenvalue weighted by Gasteiger charge is 2.21. The lowest BCUT2D eigenvalue weighted by atomic mass is 10.2. The summed E-state index contributed by atoms with van der Waals surface area (Å²) in [5.41, 5.74) is 4.00. The van der Waals surface area contributed by atoms with Crippen molar-refractivity contribution in [2.45, 2.75) is 5.50 Å². The number of rotatable bonds is 1. The summed E-state index contributed by atoms with van der Waals surface area (Å²) in [6, 6.07) is 5.90. The van der Waals surface area contributed by atoms with Crippen molar-refractivity contribution in [2.75, 3.05) is 0 Å². The third kappa shape index (κ3) is 2.01. The van der Waals surface area contributed by atoms with Gasteiger partial charge in [0.25, 0.3) is 5.91 Å². The molecule has 1 atom stereocenters. The Bertz CT molecular complexity index is 620. The van der Waals surface area contributed by atoms with Gasteiger partial charge in [0.1, 0.15) is 11.2 Å².